The molecule has 0 aromatic carbocycles. The maximum atomic E-state index is 12.3. The van der Waals surface area contributed by atoms with E-state index in [1.807, 2.05) is 6.92 Å². The highest BCUT2D eigenvalue weighted by molar-refractivity contribution is 7.89. The number of sulfonamides is 1. The SMILES string of the molecule is CNCC(C)S(=O)(=O)N1CCCC(C)(OC)C1. The Balaban J connectivity index is 2.78. The molecule has 0 spiro atoms. The summed E-state index contributed by atoms with van der Waals surface area (Å²) < 4.78 is 31.6. The standard InChI is InChI=1S/C11H24N2O3S/c1-10(8-12-3)17(14,15)13-7-5-6-11(2,9-13)16-4/h10,12H,5-9H2,1-4H3. The van der Waals surface area contributed by atoms with Gasteiger partial charge in [-0.1, -0.05) is 0 Å². The topological polar surface area (TPSA) is 58.6 Å². The van der Waals surface area contributed by atoms with Gasteiger partial charge in [-0.3, -0.25) is 0 Å². The summed E-state index contributed by atoms with van der Waals surface area (Å²) in [5, 5.41) is 2.51. The fourth-order valence-electron chi connectivity index (χ4n) is 2.19. The van der Waals surface area contributed by atoms with Crippen LogP contribution in [0.1, 0.15) is 26.7 Å². The summed E-state index contributed by atoms with van der Waals surface area (Å²) in [7, 11) is 0.197. The summed E-state index contributed by atoms with van der Waals surface area (Å²) in [6, 6.07) is 0. The Bertz CT molecular complexity index is 345. The fraction of sp³-hybridized carbons (Fsp3) is 1.00. The van der Waals surface area contributed by atoms with Crippen LogP contribution in [0.5, 0.6) is 0 Å². The molecule has 0 saturated carbocycles. The van der Waals surface area contributed by atoms with Gasteiger partial charge in [0.15, 0.2) is 0 Å². The Morgan fingerprint density at radius 3 is 2.71 bits per heavy atom. The van der Waals surface area contributed by atoms with Gasteiger partial charge in [-0.15, -0.1) is 0 Å². The highest BCUT2D eigenvalue weighted by Crippen LogP contribution is 2.26. The largest absolute Gasteiger partial charge is 0.377 e. The summed E-state index contributed by atoms with van der Waals surface area (Å²) in [6.45, 7) is 5.25. The van der Waals surface area contributed by atoms with Crippen LogP contribution in [-0.4, -0.2) is 57.4 Å². The van der Waals surface area contributed by atoms with Crippen molar-refractivity contribution in [3.63, 3.8) is 0 Å². The molecular weight excluding hydrogens is 240 g/mol. The zero-order valence-electron chi connectivity index (χ0n) is 11.2. The molecule has 1 saturated heterocycles. The number of ether oxygens (including phenoxy) is 1. The Kier molecular flexibility index (Phi) is 4.95. The van der Waals surface area contributed by atoms with Gasteiger partial charge in [0.1, 0.15) is 0 Å². The van der Waals surface area contributed by atoms with Crippen LogP contribution in [0.25, 0.3) is 0 Å². The van der Waals surface area contributed by atoms with E-state index in [1.165, 1.54) is 0 Å². The molecule has 0 aromatic heterocycles. The lowest BCUT2D eigenvalue weighted by Crippen LogP contribution is -2.52. The molecule has 1 heterocycles. The number of hydrogen-bond donors (Lipinski definition) is 1. The van der Waals surface area contributed by atoms with Crippen LogP contribution in [0.3, 0.4) is 0 Å². The first-order chi connectivity index (χ1) is 7.85. The molecule has 0 bridgehead atoms. The lowest BCUT2D eigenvalue weighted by atomic mass is 9.96. The van der Waals surface area contributed by atoms with E-state index in [4.69, 9.17) is 4.74 Å². The fourth-order valence-corrected chi connectivity index (χ4v) is 3.91. The van der Waals surface area contributed by atoms with Crippen LogP contribution in [0.15, 0.2) is 0 Å². The van der Waals surface area contributed by atoms with Crippen molar-refractivity contribution in [1.82, 2.24) is 9.62 Å². The molecule has 0 aliphatic carbocycles. The Morgan fingerprint density at radius 2 is 2.18 bits per heavy atom. The number of methoxy groups -OCH3 is 1. The third kappa shape index (κ3) is 3.40. The number of nitrogens with one attached hydrogen (secondary N) is 1. The predicted molar refractivity (Wildman–Crippen MR) is 68.5 cm³/mol. The van der Waals surface area contributed by atoms with E-state index >= 15 is 0 Å². The van der Waals surface area contributed by atoms with Crippen molar-refractivity contribution in [2.75, 3.05) is 33.8 Å². The van der Waals surface area contributed by atoms with Crippen LogP contribution < -0.4 is 5.32 Å². The maximum absolute atomic E-state index is 12.3. The molecule has 2 unspecified atom stereocenters. The smallest absolute Gasteiger partial charge is 0.218 e. The first kappa shape index (κ1) is 14.9. The summed E-state index contributed by atoms with van der Waals surface area (Å²) in [6.07, 6.45) is 1.77. The normalized spacial score (nSPS) is 29.2. The van der Waals surface area contributed by atoms with E-state index in [-0.39, 0.29) is 5.60 Å². The summed E-state index contributed by atoms with van der Waals surface area (Å²) in [4.78, 5) is 0. The van der Waals surface area contributed by atoms with Gasteiger partial charge in [0.25, 0.3) is 0 Å². The minimum absolute atomic E-state index is 0.343. The van der Waals surface area contributed by atoms with E-state index < -0.39 is 15.3 Å². The first-order valence-electron chi connectivity index (χ1n) is 6.04. The van der Waals surface area contributed by atoms with Crippen molar-refractivity contribution in [2.24, 2.45) is 0 Å². The lowest BCUT2D eigenvalue weighted by molar-refractivity contribution is -0.0320. The molecule has 6 heteroatoms. The highest BCUT2D eigenvalue weighted by Gasteiger charge is 2.38. The summed E-state index contributed by atoms with van der Waals surface area (Å²) in [5.74, 6) is 0. The van der Waals surface area contributed by atoms with Gasteiger partial charge in [0.05, 0.1) is 10.9 Å². The van der Waals surface area contributed by atoms with Crippen LogP contribution >= 0.6 is 0 Å². The second-order valence-corrected chi connectivity index (χ2v) is 7.36. The van der Waals surface area contributed by atoms with Gasteiger partial charge in [0, 0.05) is 26.7 Å². The number of hydrogen-bond acceptors (Lipinski definition) is 4. The van der Waals surface area contributed by atoms with Crippen molar-refractivity contribution in [3.05, 3.63) is 0 Å². The Morgan fingerprint density at radius 1 is 1.53 bits per heavy atom. The van der Waals surface area contributed by atoms with E-state index in [0.29, 0.717) is 19.6 Å². The van der Waals surface area contributed by atoms with Crippen molar-refractivity contribution in [1.29, 1.82) is 0 Å². The molecule has 17 heavy (non-hydrogen) atoms. The molecule has 1 N–H and O–H groups in total. The van der Waals surface area contributed by atoms with E-state index in [1.54, 1.807) is 25.4 Å². The monoisotopic (exact) mass is 264 g/mol. The van der Waals surface area contributed by atoms with Crippen LogP contribution in [-0.2, 0) is 14.8 Å². The Hall–Kier alpha value is -0.170. The van der Waals surface area contributed by atoms with E-state index in [2.05, 4.69) is 5.32 Å². The average Bonchev–Trinajstić information content (AvgIpc) is 2.29. The molecule has 0 aromatic rings. The predicted octanol–water partition coefficient (Wildman–Crippen LogP) is 0.425. The third-order valence-corrected chi connectivity index (χ3v) is 5.69. The van der Waals surface area contributed by atoms with Gasteiger partial charge in [-0.05, 0) is 33.7 Å². The van der Waals surface area contributed by atoms with Gasteiger partial charge < -0.3 is 10.1 Å². The number of rotatable bonds is 5. The van der Waals surface area contributed by atoms with Crippen molar-refractivity contribution < 1.29 is 13.2 Å². The maximum Gasteiger partial charge on any atom is 0.218 e. The van der Waals surface area contributed by atoms with Crippen LogP contribution in [0.2, 0.25) is 0 Å². The molecule has 1 aliphatic heterocycles. The Labute approximate surface area is 105 Å². The molecule has 0 amide bonds. The zero-order valence-corrected chi connectivity index (χ0v) is 12.0. The van der Waals surface area contributed by atoms with Crippen LogP contribution in [0.4, 0.5) is 0 Å². The summed E-state index contributed by atoms with van der Waals surface area (Å²) >= 11 is 0. The number of piperidine rings is 1. The zero-order chi connectivity index (χ0) is 13.1. The second kappa shape index (κ2) is 5.65. The van der Waals surface area contributed by atoms with Crippen molar-refractivity contribution in [3.8, 4) is 0 Å². The van der Waals surface area contributed by atoms with Crippen molar-refractivity contribution in [2.45, 2.75) is 37.5 Å². The van der Waals surface area contributed by atoms with E-state index in [0.717, 1.165) is 12.8 Å². The highest BCUT2D eigenvalue weighted by atomic mass is 32.2. The molecular formula is C11H24N2O3S. The van der Waals surface area contributed by atoms with E-state index in [9.17, 15) is 8.42 Å². The van der Waals surface area contributed by atoms with Gasteiger partial charge >= 0.3 is 0 Å². The number of nitrogens with zero attached hydrogens (tertiary/aromatic N) is 1. The molecule has 1 aliphatic rings. The third-order valence-electron chi connectivity index (χ3n) is 3.48. The molecule has 0 radical (unpaired) electrons. The average molecular weight is 264 g/mol. The minimum Gasteiger partial charge on any atom is -0.377 e. The molecule has 102 valence electrons. The van der Waals surface area contributed by atoms with Crippen molar-refractivity contribution >= 4 is 10.0 Å². The summed E-state index contributed by atoms with van der Waals surface area (Å²) in [5.41, 5.74) is -0.343. The van der Waals surface area contributed by atoms with Gasteiger partial charge in [-0.2, -0.15) is 4.31 Å². The quantitative estimate of drug-likeness (QED) is 0.782. The minimum atomic E-state index is -3.21. The van der Waals surface area contributed by atoms with Gasteiger partial charge in [-0.25, -0.2) is 8.42 Å². The second-order valence-electron chi connectivity index (χ2n) is 5.00. The molecule has 2 atom stereocenters. The molecule has 1 fully saturated rings. The molecule has 1 rings (SSSR count). The lowest BCUT2D eigenvalue weighted by Gasteiger charge is -2.39. The molecule has 5 nitrogen and oxygen atoms in total. The first-order valence-corrected chi connectivity index (χ1v) is 7.55. The van der Waals surface area contributed by atoms with Gasteiger partial charge in [0.2, 0.25) is 10.0 Å². The van der Waals surface area contributed by atoms with Crippen LogP contribution in [0, 0.1) is 0 Å².